The molecule has 4 heterocycles. The number of furan rings is 1. The Labute approximate surface area is 296 Å². The molecular formula is C46H29GeN3O. The molecule has 0 bridgehead atoms. The molecule has 0 unspecified atom stereocenters. The minimum atomic E-state index is -3.80. The number of hydrogen-bond donors (Lipinski definition) is 0. The van der Waals surface area contributed by atoms with Crippen molar-refractivity contribution in [2.45, 2.75) is 0 Å². The van der Waals surface area contributed by atoms with Crippen LogP contribution in [0.3, 0.4) is 0 Å². The maximum absolute atomic E-state index is 6.83. The molecule has 0 N–H and O–H groups in total. The fraction of sp³-hybridized carbons (Fsp3) is 0. The molecule has 5 heteroatoms. The van der Waals surface area contributed by atoms with Gasteiger partial charge in [-0.05, 0) is 0 Å². The monoisotopic (exact) mass is 713 g/mol. The number of fused-ring (bicyclic) bond motifs is 10. The molecule has 0 atom stereocenters. The van der Waals surface area contributed by atoms with E-state index in [4.69, 9.17) is 14.4 Å². The van der Waals surface area contributed by atoms with Gasteiger partial charge in [-0.2, -0.15) is 0 Å². The van der Waals surface area contributed by atoms with Crippen molar-refractivity contribution in [2.75, 3.05) is 0 Å². The molecule has 10 aromatic rings. The molecule has 0 radical (unpaired) electrons. The van der Waals surface area contributed by atoms with Crippen LogP contribution in [0.2, 0.25) is 0 Å². The van der Waals surface area contributed by atoms with Crippen LogP contribution in [0.15, 0.2) is 180 Å². The van der Waals surface area contributed by atoms with Gasteiger partial charge in [0.15, 0.2) is 0 Å². The van der Waals surface area contributed by atoms with Crippen LogP contribution >= 0.6 is 0 Å². The standard InChI is InChI=1S/C46H29GeN3O/c1-4-16-30(17-5-1)45-48-42-37-24-10-13-25-38(37)47(31-18-6-2-7-19-31,32-20-8-3-9-21-32)41(42)46(49-45)50-39-26-14-11-22-33(39)35-28-29-36-34-23-12-15-27-40(34)51-44(36)43(35)50/h1-29H. The Morgan fingerprint density at radius 1 is 0.490 bits per heavy atom. The van der Waals surface area contributed by atoms with Crippen molar-refractivity contribution in [1.29, 1.82) is 0 Å². The van der Waals surface area contributed by atoms with Crippen molar-refractivity contribution in [3.63, 3.8) is 0 Å². The number of benzene rings is 7. The van der Waals surface area contributed by atoms with Gasteiger partial charge in [0, 0.05) is 0 Å². The summed E-state index contributed by atoms with van der Waals surface area (Å²) in [6.07, 6.45) is 0. The molecular weight excluding hydrogens is 683 g/mol. The zero-order valence-corrected chi connectivity index (χ0v) is 29.6. The van der Waals surface area contributed by atoms with Gasteiger partial charge in [0.1, 0.15) is 0 Å². The second kappa shape index (κ2) is 10.9. The van der Waals surface area contributed by atoms with Crippen LogP contribution in [0.25, 0.3) is 72.2 Å². The van der Waals surface area contributed by atoms with Gasteiger partial charge in [-0.25, -0.2) is 0 Å². The van der Waals surface area contributed by atoms with E-state index in [1.807, 2.05) is 12.1 Å². The SMILES string of the molecule is c1ccc(-c2nc3[c](c(-n4c5ccccc5c5ccc6c7ccccc7oc6c54)n2)[Ge]([c]2ccccc2)([c]2ccccc2)[c]2ccccc2-3)cc1. The molecule has 0 saturated carbocycles. The Morgan fingerprint density at radius 2 is 1.10 bits per heavy atom. The van der Waals surface area contributed by atoms with E-state index >= 15 is 0 Å². The summed E-state index contributed by atoms with van der Waals surface area (Å²) in [7, 11) is 0. The van der Waals surface area contributed by atoms with Gasteiger partial charge in [0.05, 0.1) is 0 Å². The van der Waals surface area contributed by atoms with E-state index in [0.717, 1.165) is 60.8 Å². The first-order chi connectivity index (χ1) is 25.3. The van der Waals surface area contributed by atoms with Crippen LogP contribution in [0, 0.1) is 0 Å². The molecule has 0 fully saturated rings. The van der Waals surface area contributed by atoms with E-state index in [-0.39, 0.29) is 0 Å². The summed E-state index contributed by atoms with van der Waals surface area (Å²) in [5, 5.41) is 4.51. The van der Waals surface area contributed by atoms with Crippen molar-refractivity contribution in [3.05, 3.63) is 176 Å². The van der Waals surface area contributed by atoms with Crippen LogP contribution in [0.4, 0.5) is 0 Å². The molecule has 3 aromatic heterocycles. The molecule has 0 aliphatic carbocycles. The predicted molar refractivity (Wildman–Crippen MR) is 212 cm³/mol. The van der Waals surface area contributed by atoms with Crippen LogP contribution < -0.4 is 17.6 Å². The first-order valence-corrected chi connectivity index (χ1v) is 21.5. The van der Waals surface area contributed by atoms with Gasteiger partial charge in [0.2, 0.25) is 0 Å². The van der Waals surface area contributed by atoms with E-state index in [0.29, 0.717) is 5.82 Å². The molecule has 7 aromatic carbocycles. The van der Waals surface area contributed by atoms with Crippen LogP contribution in [-0.4, -0.2) is 27.8 Å². The average Bonchev–Trinajstić information content (AvgIpc) is 3.85. The molecule has 4 nitrogen and oxygen atoms in total. The Balaban J connectivity index is 1.40. The Hall–Kier alpha value is -6.24. The second-order valence-electron chi connectivity index (χ2n) is 13.3. The first-order valence-electron chi connectivity index (χ1n) is 17.3. The molecule has 0 spiro atoms. The predicted octanol–water partition coefficient (Wildman–Crippen LogP) is 8.50. The molecule has 1 aliphatic rings. The summed E-state index contributed by atoms with van der Waals surface area (Å²) in [5.74, 6) is 1.63. The van der Waals surface area contributed by atoms with Crippen molar-refractivity contribution >= 4 is 74.6 Å². The zero-order valence-electron chi connectivity index (χ0n) is 27.5. The molecule has 51 heavy (non-hydrogen) atoms. The van der Waals surface area contributed by atoms with Crippen LogP contribution in [0.1, 0.15) is 0 Å². The molecule has 0 amide bonds. The summed E-state index contributed by atoms with van der Waals surface area (Å²) in [4.78, 5) is 11.2. The van der Waals surface area contributed by atoms with Crippen molar-refractivity contribution in [3.8, 4) is 28.5 Å². The summed E-state index contributed by atoms with van der Waals surface area (Å²) < 4.78 is 14.5. The molecule has 0 saturated heterocycles. The first kappa shape index (κ1) is 28.6. The van der Waals surface area contributed by atoms with E-state index in [1.54, 1.807) is 0 Å². The topological polar surface area (TPSA) is 43.9 Å². The van der Waals surface area contributed by atoms with Crippen LogP contribution in [0.5, 0.6) is 0 Å². The van der Waals surface area contributed by atoms with E-state index < -0.39 is 13.3 Å². The van der Waals surface area contributed by atoms with Gasteiger partial charge in [-0.3, -0.25) is 0 Å². The summed E-state index contributed by atoms with van der Waals surface area (Å²) in [6.45, 7) is 0. The van der Waals surface area contributed by atoms with E-state index in [2.05, 4.69) is 168 Å². The van der Waals surface area contributed by atoms with Gasteiger partial charge in [-0.1, -0.05) is 0 Å². The minimum absolute atomic E-state index is 0.709. The number of nitrogens with zero attached hydrogens (tertiary/aromatic N) is 3. The van der Waals surface area contributed by atoms with Gasteiger partial charge in [0.25, 0.3) is 0 Å². The average molecular weight is 712 g/mol. The van der Waals surface area contributed by atoms with E-state index in [1.165, 1.54) is 23.1 Å². The normalized spacial score (nSPS) is 13.3. The fourth-order valence-electron chi connectivity index (χ4n) is 8.61. The van der Waals surface area contributed by atoms with Gasteiger partial charge >= 0.3 is 298 Å². The Bertz CT molecular complexity index is 2930. The summed E-state index contributed by atoms with van der Waals surface area (Å²) in [5.41, 5.74) is 7.06. The zero-order chi connectivity index (χ0) is 33.5. The summed E-state index contributed by atoms with van der Waals surface area (Å²) >= 11 is -3.80. The van der Waals surface area contributed by atoms with E-state index in [9.17, 15) is 0 Å². The third-order valence-electron chi connectivity index (χ3n) is 10.7. The van der Waals surface area contributed by atoms with Crippen molar-refractivity contribution in [1.82, 2.24) is 14.5 Å². The quantitative estimate of drug-likeness (QED) is 0.172. The van der Waals surface area contributed by atoms with Crippen LogP contribution in [-0.2, 0) is 0 Å². The summed E-state index contributed by atoms with van der Waals surface area (Å²) in [6, 6.07) is 63.2. The Morgan fingerprint density at radius 3 is 1.86 bits per heavy atom. The fourth-order valence-corrected chi connectivity index (χ4v) is 19.5. The molecule has 11 rings (SSSR count). The third kappa shape index (κ3) is 3.91. The second-order valence-corrected chi connectivity index (χ2v) is 21.0. The number of hydrogen-bond acceptors (Lipinski definition) is 3. The van der Waals surface area contributed by atoms with Gasteiger partial charge < -0.3 is 0 Å². The molecule has 238 valence electrons. The number of para-hydroxylation sites is 2. The number of aromatic nitrogens is 3. The van der Waals surface area contributed by atoms with Crippen molar-refractivity contribution in [2.24, 2.45) is 0 Å². The molecule has 1 aliphatic heterocycles. The number of rotatable bonds is 4. The Kier molecular flexibility index (Phi) is 6.10. The van der Waals surface area contributed by atoms with Crippen molar-refractivity contribution < 1.29 is 4.42 Å². The maximum atomic E-state index is 6.83. The van der Waals surface area contributed by atoms with Gasteiger partial charge in [-0.15, -0.1) is 0 Å². The third-order valence-corrected chi connectivity index (χ3v) is 20.9.